The Morgan fingerprint density at radius 2 is 2.05 bits per heavy atom. The number of nitrogen functional groups attached to an aromatic ring is 1. The maximum Gasteiger partial charge on any atom is 0.260 e. The van der Waals surface area contributed by atoms with Gasteiger partial charge in [-0.1, -0.05) is 12.1 Å². The van der Waals surface area contributed by atoms with E-state index in [4.69, 9.17) is 10.3 Å². The van der Waals surface area contributed by atoms with Gasteiger partial charge >= 0.3 is 0 Å². The van der Waals surface area contributed by atoms with Crippen LogP contribution in [0.25, 0.3) is 11.5 Å². The van der Waals surface area contributed by atoms with Gasteiger partial charge in [0.15, 0.2) is 17.5 Å². The summed E-state index contributed by atoms with van der Waals surface area (Å²) in [5.74, 6) is 0.225. The van der Waals surface area contributed by atoms with E-state index in [0.29, 0.717) is 11.6 Å². The Morgan fingerprint density at radius 3 is 2.79 bits per heavy atom. The Kier molecular flexibility index (Phi) is 4.36. The van der Waals surface area contributed by atoms with Gasteiger partial charge in [-0.25, -0.2) is 8.78 Å². The fourth-order valence-corrected chi connectivity index (χ4v) is 2.21. The lowest BCUT2D eigenvalue weighted by atomic mass is 10.1. The second-order valence-corrected chi connectivity index (χ2v) is 5.03. The van der Waals surface area contributed by atoms with Crippen molar-refractivity contribution < 1.29 is 13.3 Å². The Morgan fingerprint density at radius 1 is 1.32 bits per heavy atom. The SMILES string of the molecule is CCCSCc1noc(-c2cc(F)c(F)cc2N)n1. The maximum absolute atomic E-state index is 13.2. The van der Waals surface area contributed by atoms with Crippen LogP contribution in [0.2, 0.25) is 0 Å². The molecular formula is C12H13F2N3OS. The van der Waals surface area contributed by atoms with E-state index in [0.717, 1.165) is 24.3 Å². The first-order chi connectivity index (χ1) is 9.11. The predicted octanol–water partition coefficient (Wildman–Crippen LogP) is 3.24. The van der Waals surface area contributed by atoms with E-state index >= 15 is 0 Å². The first kappa shape index (κ1) is 13.8. The highest BCUT2D eigenvalue weighted by Gasteiger charge is 2.15. The minimum atomic E-state index is -1.00. The van der Waals surface area contributed by atoms with Crippen LogP contribution in [0.15, 0.2) is 16.7 Å². The largest absolute Gasteiger partial charge is 0.398 e. The smallest absolute Gasteiger partial charge is 0.260 e. The summed E-state index contributed by atoms with van der Waals surface area (Å²) >= 11 is 1.67. The molecule has 2 aromatic rings. The minimum Gasteiger partial charge on any atom is -0.398 e. The molecule has 0 unspecified atom stereocenters. The monoisotopic (exact) mass is 285 g/mol. The van der Waals surface area contributed by atoms with Gasteiger partial charge in [0.25, 0.3) is 5.89 Å². The summed E-state index contributed by atoms with van der Waals surface area (Å²) in [5, 5.41) is 3.78. The third-order valence-electron chi connectivity index (χ3n) is 2.37. The topological polar surface area (TPSA) is 64.9 Å². The molecule has 0 saturated carbocycles. The molecule has 0 saturated heterocycles. The molecule has 102 valence electrons. The summed E-state index contributed by atoms with van der Waals surface area (Å²) < 4.78 is 31.2. The number of anilines is 1. The van der Waals surface area contributed by atoms with Crippen LogP contribution < -0.4 is 5.73 Å². The van der Waals surface area contributed by atoms with Crippen molar-refractivity contribution in [1.29, 1.82) is 0 Å². The van der Waals surface area contributed by atoms with Crippen LogP contribution in [0, 0.1) is 11.6 Å². The highest BCUT2D eigenvalue weighted by molar-refractivity contribution is 7.98. The third kappa shape index (κ3) is 3.23. The van der Waals surface area contributed by atoms with Crippen molar-refractivity contribution >= 4 is 17.4 Å². The van der Waals surface area contributed by atoms with E-state index in [1.807, 2.05) is 0 Å². The number of nitrogens with two attached hydrogens (primary N) is 1. The molecule has 0 aliphatic carbocycles. The van der Waals surface area contributed by atoms with E-state index in [1.54, 1.807) is 11.8 Å². The number of aromatic nitrogens is 2. The fraction of sp³-hybridized carbons (Fsp3) is 0.333. The number of benzene rings is 1. The molecule has 1 aromatic heterocycles. The average molecular weight is 285 g/mol. The normalized spacial score (nSPS) is 10.9. The lowest BCUT2D eigenvalue weighted by Crippen LogP contribution is -1.95. The van der Waals surface area contributed by atoms with Gasteiger partial charge in [0.05, 0.1) is 11.3 Å². The molecule has 0 atom stereocenters. The van der Waals surface area contributed by atoms with Crippen LogP contribution >= 0.6 is 11.8 Å². The Hall–Kier alpha value is -1.63. The molecule has 0 bridgehead atoms. The van der Waals surface area contributed by atoms with E-state index in [-0.39, 0.29) is 17.1 Å². The van der Waals surface area contributed by atoms with Crippen molar-refractivity contribution in [2.24, 2.45) is 0 Å². The molecule has 0 aliphatic rings. The lowest BCUT2D eigenvalue weighted by molar-refractivity contribution is 0.424. The Labute approximate surface area is 113 Å². The second-order valence-electron chi connectivity index (χ2n) is 3.92. The molecule has 1 heterocycles. The number of halogens is 2. The molecule has 0 amide bonds. The zero-order valence-corrected chi connectivity index (χ0v) is 11.1. The van der Waals surface area contributed by atoms with Crippen molar-refractivity contribution in [3.05, 3.63) is 29.6 Å². The van der Waals surface area contributed by atoms with Gasteiger partial charge in [-0.15, -0.1) is 0 Å². The van der Waals surface area contributed by atoms with E-state index in [9.17, 15) is 8.78 Å². The van der Waals surface area contributed by atoms with Gasteiger partial charge < -0.3 is 10.3 Å². The van der Waals surface area contributed by atoms with Gasteiger partial charge in [-0.3, -0.25) is 0 Å². The summed E-state index contributed by atoms with van der Waals surface area (Å²) in [6.45, 7) is 2.08. The molecule has 2 N–H and O–H groups in total. The van der Waals surface area contributed by atoms with Crippen molar-refractivity contribution in [2.75, 3.05) is 11.5 Å². The maximum atomic E-state index is 13.2. The number of thioether (sulfide) groups is 1. The van der Waals surface area contributed by atoms with Gasteiger partial charge in [-0.05, 0) is 18.2 Å². The van der Waals surface area contributed by atoms with Crippen LogP contribution in [0.3, 0.4) is 0 Å². The number of nitrogens with zero attached hydrogens (tertiary/aromatic N) is 2. The summed E-state index contributed by atoms with van der Waals surface area (Å²) in [7, 11) is 0. The standard InChI is InChI=1S/C12H13F2N3OS/c1-2-3-19-6-11-16-12(18-17-11)7-4-8(13)9(14)5-10(7)15/h4-5H,2-3,6,15H2,1H3. The first-order valence-corrected chi connectivity index (χ1v) is 6.92. The third-order valence-corrected chi connectivity index (χ3v) is 3.53. The molecule has 19 heavy (non-hydrogen) atoms. The minimum absolute atomic E-state index is 0.0651. The van der Waals surface area contributed by atoms with Crippen molar-refractivity contribution in [3.8, 4) is 11.5 Å². The van der Waals surface area contributed by atoms with Crippen molar-refractivity contribution in [1.82, 2.24) is 10.1 Å². The van der Waals surface area contributed by atoms with E-state index in [1.165, 1.54) is 0 Å². The molecule has 0 aliphatic heterocycles. The molecule has 0 spiro atoms. The molecule has 1 aromatic carbocycles. The van der Waals surface area contributed by atoms with Gasteiger partial charge in [-0.2, -0.15) is 16.7 Å². The fourth-order valence-electron chi connectivity index (χ4n) is 1.48. The highest BCUT2D eigenvalue weighted by atomic mass is 32.2. The zero-order chi connectivity index (χ0) is 13.8. The number of hydrogen-bond donors (Lipinski definition) is 1. The molecule has 4 nitrogen and oxygen atoms in total. The Bertz CT molecular complexity index is 574. The van der Waals surface area contributed by atoms with Crippen molar-refractivity contribution in [2.45, 2.75) is 19.1 Å². The molecule has 0 fully saturated rings. The summed E-state index contributed by atoms with van der Waals surface area (Å²) in [5.41, 5.74) is 5.89. The zero-order valence-electron chi connectivity index (χ0n) is 10.3. The second kappa shape index (κ2) is 6.01. The highest BCUT2D eigenvalue weighted by Crippen LogP contribution is 2.27. The average Bonchev–Trinajstić information content (AvgIpc) is 2.83. The van der Waals surface area contributed by atoms with Gasteiger partial charge in [0.1, 0.15) is 0 Å². The van der Waals surface area contributed by atoms with Crippen LogP contribution in [-0.2, 0) is 5.75 Å². The predicted molar refractivity (Wildman–Crippen MR) is 70.5 cm³/mol. The molecule has 2 rings (SSSR count). The molecular weight excluding hydrogens is 272 g/mol. The van der Waals surface area contributed by atoms with Crippen LogP contribution in [-0.4, -0.2) is 15.9 Å². The van der Waals surface area contributed by atoms with E-state index < -0.39 is 11.6 Å². The molecule has 7 heteroatoms. The van der Waals surface area contributed by atoms with Crippen LogP contribution in [0.4, 0.5) is 14.5 Å². The number of hydrogen-bond acceptors (Lipinski definition) is 5. The summed E-state index contributed by atoms with van der Waals surface area (Å²) in [6.07, 6.45) is 1.06. The Balaban J connectivity index is 2.20. The summed E-state index contributed by atoms with van der Waals surface area (Å²) in [6, 6.07) is 1.86. The summed E-state index contributed by atoms with van der Waals surface area (Å²) in [4.78, 5) is 4.12. The van der Waals surface area contributed by atoms with Crippen LogP contribution in [0.5, 0.6) is 0 Å². The molecule has 0 radical (unpaired) electrons. The first-order valence-electron chi connectivity index (χ1n) is 5.77. The quantitative estimate of drug-likeness (QED) is 0.675. The van der Waals surface area contributed by atoms with Gasteiger partial charge in [0, 0.05) is 11.8 Å². The van der Waals surface area contributed by atoms with Gasteiger partial charge in [0.2, 0.25) is 0 Å². The van der Waals surface area contributed by atoms with Crippen LogP contribution in [0.1, 0.15) is 19.2 Å². The lowest BCUT2D eigenvalue weighted by Gasteiger charge is -2.01. The number of rotatable bonds is 5. The van der Waals surface area contributed by atoms with E-state index in [2.05, 4.69) is 17.1 Å². The van der Waals surface area contributed by atoms with Crippen molar-refractivity contribution in [3.63, 3.8) is 0 Å².